The molecular formula is C15H26N2O2. The van der Waals surface area contributed by atoms with Gasteiger partial charge in [-0.1, -0.05) is 6.92 Å². The minimum atomic E-state index is -0.396. The zero-order valence-electron chi connectivity index (χ0n) is 12.2. The van der Waals surface area contributed by atoms with Crippen LogP contribution in [0.25, 0.3) is 0 Å². The second-order valence-electron chi connectivity index (χ2n) is 6.78. The van der Waals surface area contributed by atoms with E-state index < -0.39 is 5.54 Å². The molecule has 0 aromatic rings. The smallest absolute Gasteiger partial charge is 0.326 e. The van der Waals surface area contributed by atoms with Gasteiger partial charge in [-0.15, -0.1) is 0 Å². The number of ether oxygens (including phenoxy) is 1. The zero-order valence-corrected chi connectivity index (χ0v) is 12.2. The Balaban J connectivity index is 1.67. The van der Waals surface area contributed by atoms with E-state index >= 15 is 0 Å². The van der Waals surface area contributed by atoms with E-state index in [-0.39, 0.29) is 5.97 Å². The number of nitrogens with one attached hydrogen (secondary N) is 1. The molecule has 0 bridgehead atoms. The molecule has 1 aliphatic heterocycles. The number of esters is 1. The summed E-state index contributed by atoms with van der Waals surface area (Å²) in [5.74, 6) is 0.763. The van der Waals surface area contributed by atoms with Crippen LogP contribution in [-0.4, -0.2) is 48.7 Å². The first kappa shape index (κ1) is 13.4. The maximum absolute atomic E-state index is 12.2. The molecule has 1 heterocycles. The standard InChI is InChI=1S/C15H26N2O2/c1-11-6-8-17(10-11)13-5-7-15(9-13,14(18)19-2)16-12-3-4-12/h11-13,16H,3-10H2,1-2H3. The van der Waals surface area contributed by atoms with Crippen molar-refractivity contribution in [1.82, 2.24) is 10.2 Å². The summed E-state index contributed by atoms with van der Waals surface area (Å²) in [4.78, 5) is 14.8. The number of hydrogen-bond acceptors (Lipinski definition) is 4. The second-order valence-corrected chi connectivity index (χ2v) is 6.78. The Morgan fingerprint density at radius 3 is 2.68 bits per heavy atom. The number of nitrogens with zero attached hydrogens (tertiary/aromatic N) is 1. The van der Waals surface area contributed by atoms with Crippen molar-refractivity contribution < 1.29 is 9.53 Å². The van der Waals surface area contributed by atoms with Crippen LogP contribution in [0, 0.1) is 5.92 Å². The highest BCUT2D eigenvalue weighted by molar-refractivity contribution is 5.81. The highest BCUT2D eigenvalue weighted by Crippen LogP contribution is 2.38. The van der Waals surface area contributed by atoms with Gasteiger partial charge in [0, 0.05) is 18.6 Å². The maximum atomic E-state index is 12.2. The van der Waals surface area contributed by atoms with E-state index in [0.717, 1.165) is 25.2 Å². The third kappa shape index (κ3) is 2.65. The fourth-order valence-electron chi connectivity index (χ4n) is 3.82. The van der Waals surface area contributed by atoms with Crippen LogP contribution in [0.15, 0.2) is 0 Å². The molecule has 0 radical (unpaired) electrons. The van der Waals surface area contributed by atoms with E-state index in [1.165, 1.54) is 39.5 Å². The minimum Gasteiger partial charge on any atom is -0.468 e. The van der Waals surface area contributed by atoms with Crippen molar-refractivity contribution in [3.8, 4) is 0 Å². The largest absolute Gasteiger partial charge is 0.468 e. The van der Waals surface area contributed by atoms with Crippen LogP contribution in [0.1, 0.15) is 45.4 Å². The van der Waals surface area contributed by atoms with Gasteiger partial charge in [-0.3, -0.25) is 10.1 Å². The predicted molar refractivity (Wildman–Crippen MR) is 73.9 cm³/mol. The quantitative estimate of drug-likeness (QED) is 0.784. The predicted octanol–water partition coefficient (Wildman–Crippen LogP) is 1.54. The first-order valence-corrected chi connectivity index (χ1v) is 7.73. The van der Waals surface area contributed by atoms with Gasteiger partial charge in [-0.2, -0.15) is 0 Å². The highest BCUT2D eigenvalue weighted by atomic mass is 16.5. The van der Waals surface area contributed by atoms with Crippen LogP contribution in [0.2, 0.25) is 0 Å². The summed E-state index contributed by atoms with van der Waals surface area (Å²) in [5, 5.41) is 3.58. The number of likely N-dealkylation sites (tertiary alicyclic amines) is 1. The van der Waals surface area contributed by atoms with E-state index in [9.17, 15) is 4.79 Å². The first-order valence-electron chi connectivity index (χ1n) is 7.73. The summed E-state index contributed by atoms with van der Waals surface area (Å²) in [6.07, 6.45) is 6.72. The Kier molecular flexibility index (Phi) is 3.56. The van der Waals surface area contributed by atoms with E-state index in [2.05, 4.69) is 17.1 Å². The Labute approximate surface area is 115 Å². The number of hydrogen-bond donors (Lipinski definition) is 1. The Hall–Kier alpha value is -0.610. The van der Waals surface area contributed by atoms with Gasteiger partial charge >= 0.3 is 5.97 Å². The summed E-state index contributed by atoms with van der Waals surface area (Å²) >= 11 is 0. The summed E-state index contributed by atoms with van der Waals surface area (Å²) in [6.45, 7) is 4.73. The molecule has 2 saturated carbocycles. The third-order valence-corrected chi connectivity index (χ3v) is 5.09. The van der Waals surface area contributed by atoms with E-state index in [4.69, 9.17) is 4.74 Å². The van der Waals surface area contributed by atoms with Crippen molar-refractivity contribution in [3.05, 3.63) is 0 Å². The molecule has 0 aromatic heterocycles. The van der Waals surface area contributed by atoms with Crippen molar-refractivity contribution in [2.45, 2.75) is 63.1 Å². The lowest BCUT2D eigenvalue weighted by Gasteiger charge is -2.30. The Morgan fingerprint density at radius 2 is 2.11 bits per heavy atom. The van der Waals surface area contributed by atoms with Gasteiger partial charge in [0.25, 0.3) is 0 Å². The van der Waals surface area contributed by atoms with Crippen molar-refractivity contribution in [1.29, 1.82) is 0 Å². The van der Waals surface area contributed by atoms with Gasteiger partial charge in [0.05, 0.1) is 7.11 Å². The van der Waals surface area contributed by atoms with Gasteiger partial charge in [0.15, 0.2) is 0 Å². The molecule has 4 nitrogen and oxygen atoms in total. The molecule has 3 fully saturated rings. The number of rotatable bonds is 4. The molecule has 2 aliphatic carbocycles. The van der Waals surface area contributed by atoms with Crippen LogP contribution >= 0.6 is 0 Å². The van der Waals surface area contributed by atoms with Crippen LogP contribution in [0.3, 0.4) is 0 Å². The first-order chi connectivity index (χ1) is 9.13. The topological polar surface area (TPSA) is 41.6 Å². The molecule has 1 N–H and O–H groups in total. The molecule has 19 heavy (non-hydrogen) atoms. The van der Waals surface area contributed by atoms with Crippen LogP contribution in [0.4, 0.5) is 0 Å². The van der Waals surface area contributed by atoms with Crippen molar-refractivity contribution in [3.63, 3.8) is 0 Å². The van der Waals surface area contributed by atoms with E-state index in [1.54, 1.807) is 0 Å². The average molecular weight is 266 g/mol. The summed E-state index contributed by atoms with van der Waals surface area (Å²) in [7, 11) is 1.52. The molecular weight excluding hydrogens is 240 g/mol. The summed E-state index contributed by atoms with van der Waals surface area (Å²) < 4.78 is 5.08. The molecule has 3 rings (SSSR count). The van der Waals surface area contributed by atoms with E-state index in [1.807, 2.05) is 0 Å². The van der Waals surface area contributed by atoms with Crippen molar-refractivity contribution in [2.24, 2.45) is 5.92 Å². The van der Waals surface area contributed by atoms with E-state index in [0.29, 0.717) is 12.1 Å². The maximum Gasteiger partial charge on any atom is 0.326 e. The van der Waals surface area contributed by atoms with Gasteiger partial charge < -0.3 is 9.64 Å². The molecule has 3 atom stereocenters. The van der Waals surface area contributed by atoms with Crippen LogP contribution in [-0.2, 0) is 9.53 Å². The third-order valence-electron chi connectivity index (χ3n) is 5.09. The minimum absolute atomic E-state index is 0.0471. The van der Waals surface area contributed by atoms with Gasteiger partial charge in [-0.05, 0) is 51.0 Å². The Bertz CT molecular complexity index is 356. The monoisotopic (exact) mass is 266 g/mol. The molecule has 1 saturated heterocycles. The molecule has 0 spiro atoms. The van der Waals surface area contributed by atoms with Crippen LogP contribution in [0.5, 0.6) is 0 Å². The van der Waals surface area contributed by atoms with Gasteiger partial charge in [-0.25, -0.2) is 0 Å². The number of methoxy groups -OCH3 is 1. The zero-order chi connectivity index (χ0) is 13.5. The van der Waals surface area contributed by atoms with Gasteiger partial charge in [0.2, 0.25) is 0 Å². The fourth-order valence-corrected chi connectivity index (χ4v) is 3.82. The van der Waals surface area contributed by atoms with Gasteiger partial charge in [0.1, 0.15) is 5.54 Å². The second kappa shape index (κ2) is 5.06. The summed E-state index contributed by atoms with van der Waals surface area (Å²) in [6, 6.07) is 1.12. The lowest BCUT2D eigenvalue weighted by molar-refractivity contribution is -0.148. The Morgan fingerprint density at radius 1 is 1.32 bits per heavy atom. The SMILES string of the molecule is COC(=O)C1(NC2CC2)CCC(N2CCC(C)C2)C1. The summed E-state index contributed by atoms with van der Waals surface area (Å²) in [5.41, 5.74) is -0.396. The van der Waals surface area contributed by atoms with Crippen LogP contribution < -0.4 is 5.32 Å². The molecule has 4 heteroatoms. The lowest BCUT2D eigenvalue weighted by Crippen LogP contribution is -2.52. The molecule has 3 unspecified atom stereocenters. The lowest BCUT2D eigenvalue weighted by atomic mass is 9.97. The highest BCUT2D eigenvalue weighted by Gasteiger charge is 2.50. The molecule has 108 valence electrons. The molecule has 3 aliphatic rings. The normalized spacial score (nSPS) is 39.7. The number of carbonyl (C=O) groups is 1. The number of carbonyl (C=O) groups excluding carboxylic acids is 1. The fraction of sp³-hybridized carbons (Fsp3) is 0.933. The average Bonchev–Trinajstić information content (AvgIpc) is 2.93. The molecule has 0 amide bonds. The van der Waals surface area contributed by atoms with Crippen molar-refractivity contribution >= 4 is 5.97 Å². The van der Waals surface area contributed by atoms with Crippen molar-refractivity contribution in [2.75, 3.05) is 20.2 Å². The molecule has 0 aromatic carbocycles.